The first-order chi connectivity index (χ1) is 32.3. The summed E-state index contributed by atoms with van der Waals surface area (Å²) < 4.78 is 2.52. The number of anilines is 3. The summed E-state index contributed by atoms with van der Waals surface area (Å²) in [6.45, 7) is 0. The molecule has 0 radical (unpaired) electrons. The molecule has 0 N–H and O–H groups in total. The first kappa shape index (κ1) is 37.1. The van der Waals surface area contributed by atoms with Crippen molar-refractivity contribution in [3.63, 3.8) is 0 Å². The third-order valence-electron chi connectivity index (χ3n) is 13.8. The van der Waals surface area contributed by atoms with Crippen LogP contribution in [0.3, 0.4) is 0 Å². The van der Waals surface area contributed by atoms with Crippen molar-refractivity contribution >= 4 is 60.4 Å². The minimum Gasteiger partial charge on any atom is -0.310 e. The molecule has 1 aliphatic carbocycles. The summed E-state index contributed by atoms with van der Waals surface area (Å²) in [5.41, 5.74) is 16.5. The van der Waals surface area contributed by atoms with Crippen molar-refractivity contribution in [2.75, 3.05) is 4.90 Å². The molecule has 13 rings (SSSR count). The van der Waals surface area contributed by atoms with Gasteiger partial charge in [0.1, 0.15) is 0 Å². The largest absolute Gasteiger partial charge is 0.310 e. The lowest BCUT2D eigenvalue weighted by molar-refractivity contribution is 0.768. The zero-order chi connectivity index (χ0) is 42.9. The van der Waals surface area contributed by atoms with Crippen molar-refractivity contribution < 1.29 is 0 Å². The Bertz CT molecular complexity index is 3700. The summed E-state index contributed by atoms with van der Waals surface area (Å²) in [7, 11) is 0. The lowest BCUT2D eigenvalue weighted by Crippen LogP contribution is -2.28. The van der Waals surface area contributed by atoms with Gasteiger partial charge in [-0.2, -0.15) is 0 Å². The van der Waals surface area contributed by atoms with Gasteiger partial charge >= 0.3 is 0 Å². The normalized spacial score (nSPS) is 12.7. The fourth-order valence-electron chi connectivity index (χ4n) is 11.1. The molecular formula is C63H42N2. The van der Waals surface area contributed by atoms with E-state index in [-0.39, 0.29) is 0 Å². The highest BCUT2D eigenvalue weighted by molar-refractivity contribution is 6.25. The van der Waals surface area contributed by atoms with Crippen LogP contribution in [0.5, 0.6) is 0 Å². The van der Waals surface area contributed by atoms with Crippen LogP contribution in [0.2, 0.25) is 0 Å². The molecule has 2 heteroatoms. The highest BCUT2D eigenvalue weighted by Gasteiger charge is 2.45. The van der Waals surface area contributed by atoms with Crippen molar-refractivity contribution in [3.05, 3.63) is 277 Å². The smallest absolute Gasteiger partial charge is 0.0713 e. The number of hydrogen-bond donors (Lipinski definition) is 0. The molecule has 65 heavy (non-hydrogen) atoms. The molecule has 1 aliphatic rings. The first-order valence-corrected chi connectivity index (χ1v) is 22.5. The molecule has 2 nitrogen and oxygen atoms in total. The molecule has 11 aromatic carbocycles. The molecular weight excluding hydrogens is 785 g/mol. The van der Waals surface area contributed by atoms with Crippen LogP contribution >= 0.6 is 0 Å². The monoisotopic (exact) mass is 826 g/mol. The SMILES string of the molecule is c1ccc(-c2cc3ccccc3c3c2c2cc(N(c4ccccc4)c4ccc(C5(c6ccccc6)c6ccccc6-c6ccccc65)cc4)ccc2n3-c2cccc3ccccc23)cc1. The number of nitrogens with zero attached hydrogens (tertiary/aromatic N) is 2. The topological polar surface area (TPSA) is 8.17 Å². The van der Waals surface area contributed by atoms with E-state index < -0.39 is 5.41 Å². The number of aromatic nitrogens is 1. The van der Waals surface area contributed by atoms with Crippen molar-refractivity contribution in [3.8, 4) is 27.9 Å². The maximum atomic E-state index is 2.52. The average molecular weight is 827 g/mol. The van der Waals surface area contributed by atoms with E-state index >= 15 is 0 Å². The Labute approximate surface area is 378 Å². The summed E-state index contributed by atoms with van der Waals surface area (Å²) in [6.07, 6.45) is 0. The second kappa shape index (κ2) is 14.8. The van der Waals surface area contributed by atoms with Gasteiger partial charge in [0.05, 0.1) is 22.1 Å². The molecule has 0 aliphatic heterocycles. The van der Waals surface area contributed by atoms with Crippen LogP contribution in [-0.2, 0) is 5.41 Å². The van der Waals surface area contributed by atoms with Crippen molar-refractivity contribution in [2.45, 2.75) is 5.41 Å². The molecule has 304 valence electrons. The molecule has 0 bridgehead atoms. The zero-order valence-electron chi connectivity index (χ0n) is 35.6. The number of rotatable bonds is 7. The Morgan fingerprint density at radius 1 is 0.338 bits per heavy atom. The Kier molecular flexibility index (Phi) is 8.47. The molecule has 0 atom stereocenters. The highest BCUT2D eigenvalue weighted by Crippen LogP contribution is 2.56. The van der Waals surface area contributed by atoms with E-state index in [1.807, 2.05) is 0 Å². The van der Waals surface area contributed by atoms with Gasteiger partial charge in [-0.3, -0.25) is 0 Å². The van der Waals surface area contributed by atoms with E-state index in [9.17, 15) is 0 Å². The Morgan fingerprint density at radius 2 is 0.877 bits per heavy atom. The fourth-order valence-corrected chi connectivity index (χ4v) is 11.1. The van der Waals surface area contributed by atoms with Gasteiger partial charge in [-0.1, -0.05) is 200 Å². The van der Waals surface area contributed by atoms with Crippen LogP contribution in [0.15, 0.2) is 255 Å². The van der Waals surface area contributed by atoms with E-state index in [1.165, 1.54) is 93.5 Å². The summed E-state index contributed by atoms with van der Waals surface area (Å²) in [5, 5.41) is 7.33. The lowest BCUT2D eigenvalue weighted by Gasteiger charge is -2.34. The standard InChI is InChI=1S/C63H42N2/c1-4-19-44(20-5-1)55-41-45-22-11-13-29-52(45)62-61(55)56-42-50(39-40-60(56)65(62)59-34-18-23-43-21-10-12-28-51(43)59)64(48-26-8-3-9-27-48)49-37-35-47(36-38-49)63(46-24-6-2-7-25-46)57-32-16-14-30-53(57)54-31-15-17-33-58(54)63/h1-42H. The van der Waals surface area contributed by atoms with Gasteiger partial charge in [0.15, 0.2) is 0 Å². The van der Waals surface area contributed by atoms with E-state index in [2.05, 4.69) is 264 Å². The van der Waals surface area contributed by atoms with Crippen LogP contribution in [-0.4, -0.2) is 4.57 Å². The maximum Gasteiger partial charge on any atom is 0.0713 e. The highest BCUT2D eigenvalue weighted by atomic mass is 15.1. The molecule has 0 fully saturated rings. The van der Waals surface area contributed by atoms with Gasteiger partial charge < -0.3 is 9.47 Å². The van der Waals surface area contributed by atoms with Gasteiger partial charge in [0, 0.05) is 38.6 Å². The quantitative estimate of drug-likeness (QED) is 0.155. The lowest BCUT2D eigenvalue weighted by atomic mass is 9.68. The Morgan fingerprint density at radius 3 is 1.60 bits per heavy atom. The molecule has 0 saturated heterocycles. The van der Waals surface area contributed by atoms with Gasteiger partial charge in [0.25, 0.3) is 0 Å². The maximum absolute atomic E-state index is 2.52. The zero-order valence-corrected chi connectivity index (χ0v) is 35.6. The van der Waals surface area contributed by atoms with Gasteiger partial charge in [0.2, 0.25) is 0 Å². The van der Waals surface area contributed by atoms with Gasteiger partial charge in [-0.05, 0) is 110 Å². The summed E-state index contributed by atoms with van der Waals surface area (Å²) >= 11 is 0. The van der Waals surface area contributed by atoms with Crippen molar-refractivity contribution in [1.82, 2.24) is 4.57 Å². The fraction of sp³-hybridized carbons (Fsp3) is 0.0159. The third-order valence-corrected chi connectivity index (χ3v) is 13.8. The molecule has 0 amide bonds. The molecule has 0 spiro atoms. The van der Waals surface area contributed by atoms with Gasteiger partial charge in [-0.25, -0.2) is 0 Å². The molecule has 0 unspecified atom stereocenters. The second-order valence-electron chi connectivity index (χ2n) is 17.2. The van der Waals surface area contributed by atoms with Crippen LogP contribution in [0.1, 0.15) is 22.3 Å². The number of hydrogen-bond acceptors (Lipinski definition) is 1. The first-order valence-electron chi connectivity index (χ1n) is 22.5. The van der Waals surface area contributed by atoms with Gasteiger partial charge in [-0.15, -0.1) is 0 Å². The van der Waals surface area contributed by atoms with Crippen LogP contribution in [0, 0.1) is 0 Å². The van der Waals surface area contributed by atoms with E-state index in [1.54, 1.807) is 0 Å². The molecule has 1 aromatic heterocycles. The van der Waals surface area contributed by atoms with Crippen LogP contribution in [0.4, 0.5) is 17.1 Å². The number of benzene rings is 11. The summed E-state index contributed by atoms with van der Waals surface area (Å²) in [4.78, 5) is 2.42. The van der Waals surface area contributed by atoms with E-state index in [0.29, 0.717) is 0 Å². The van der Waals surface area contributed by atoms with E-state index in [4.69, 9.17) is 0 Å². The number of para-hydroxylation sites is 1. The molecule has 1 heterocycles. The second-order valence-corrected chi connectivity index (χ2v) is 17.2. The van der Waals surface area contributed by atoms with Crippen LogP contribution in [0.25, 0.3) is 71.3 Å². The van der Waals surface area contributed by atoms with Crippen LogP contribution < -0.4 is 4.90 Å². The Balaban J connectivity index is 1.07. The minimum atomic E-state index is -0.469. The van der Waals surface area contributed by atoms with Crippen molar-refractivity contribution in [2.24, 2.45) is 0 Å². The molecule has 12 aromatic rings. The average Bonchev–Trinajstić information content (AvgIpc) is 3.88. The molecule has 0 saturated carbocycles. The van der Waals surface area contributed by atoms with Crippen molar-refractivity contribution in [1.29, 1.82) is 0 Å². The summed E-state index contributed by atoms with van der Waals surface area (Å²) in [5.74, 6) is 0. The Hall–Kier alpha value is -8.46. The third kappa shape index (κ3) is 5.60. The number of fused-ring (bicyclic) bond motifs is 9. The minimum absolute atomic E-state index is 0.469. The summed E-state index contributed by atoms with van der Waals surface area (Å²) in [6, 6.07) is 93.8. The predicted octanol–water partition coefficient (Wildman–Crippen LogP) is 16.6. The van der Waals surface area contributed by atoms with E-state index in [0.717, 1.165) is 17.1 Å². The predicted molar refractivity (Wildman–Crippen MR) is 273 cm³/mol.